The highest BCUT2D eigenvalue weighted by Crippen LogP contribution is 2.25. The monoisotopic (exact) mass is 398 g/mol. The number of nitrogens with zero attached hydrogens (tertiary/aromatic N) is 2. The number of aryl methyl sites for hydroxylation is 1. The molecule has 26 heavy (non-hydrogen) atoms. The smallest absolute Gasteiger partial charge is 0.253 e. The molecule has 1 amide bonds. The first-order valence-corrected chi connectivity index (χ1v) is 8.67. The molecular weight excluding hydrogens is 371 g/mol. The van der Waals surface area contributed by atoms with Gasteiger partial charge in [0.1, 0.15) is 0 Å². The summed E-state index contributed by atoms with van der Waals surface area (Å²) in [5.41, 5.74) is 9.63. The van der Waals surface area contributed by atoms with E-state index >= 15 is 0 Å². The van der Waals surface area contributed by atoms with Crippen molar-refractivity contribution >= 4 is 30.7 Å². The van der Waals surface area contributed by atoms with E-state index in [1.165, 1.54) is 0 Å². The van der Waals surface area contributed by atoms with Crippen molar-refractivity contribution < 1.29 is 4.79 Å². The van der Waals surface area contributed by atoms with Crippen molar-refractivity contribution in [3.63, 3.8) is 0 Å². The molecule has 1 aliphatic carbocycles. The number of hydrogen-bond donors (Lipinski definition) is 2. The summed E-state index contributed by atoms with van der Waals surface area (Å²) in [6.07, 6.45) is 5.08. The fourth-order valence-corrected chi connectivity index (χ4v) is 3.68. The summed E-state index contributed by atoms with van der Waals surface area (Å²) in [4.78, 5) is 17.1. The van der Waals surface area contributed by atoms with E-state index < -0.39 is 0 Å². The molecule has 0 aromatic carbocycles. The maximum Gasteiger partial charge on any atom is 0.253 e. The number of pyridine rings is 1. The summed E-state index contributed by atoms with van der Waals surface area (Å²) >= 11 is 0. The van der Waals surface area contributed by atoms with Crippen LogP contribution in [-0.2, 0) is 6.54 Å². The van der Waals surface area contributed by atoms with Crippen LogP contribution in [0.5, 0.6) is 0 Å². The highest BCUT2D eigenvalue weighted by molar-refractivity contribution is 5.96. The van der Waals surface area contributed by atoms with Crippen LogP contribution in [0, 0.1) is 19.8 Å². The van der Waals surface area contributed by atoms with Crippen LogP contribution in [0.25, 0.3) is 0 Å². The first-order valence-electron chi connectivity index (χ1n) is 8.67. The summed E-state index contributed by atoms with van der Waals surface area (Å²) < 4.78 is 2.15. The number of rotatable bonds is 5. The summed E-state index contributed by atoms with van der Waals surface area (Å²) in [5.74, 6) is 0.423. The lowest BCUT2D eigenvalue weighted by Gasteiger charge is -2.19. The van der Waals surface area contributed by atoms with Gasteiger partial charge in [-0.15, -0.1) is 24.8 Å². The molecule has 0 radical (unpaired) electrons. The molecule has 2 unspecified atom stereocenters. The molecule has 2 aromatic rings. The summed E-state index contributed by atoms with van der Waals surface area (Å²) in [7, 11) is 0. The van der Waals surface area contributed by atoms with Crippen LogP contribution >= 0.6 is 24.8 Å². The van der Waals surface area contributed by atoms with Gasteiger partial charge in [-0.25, -0.2) is 0 Å². The molecule has 5 nitrogen and oxygen atoms in total. The van der Waals surface area contributed by atoms with Gasteiger partial charge in [-0.3, -0.25) is 9.78 Å². The molecule has 2 aromatic heterocycles. The normalized spacial score (nSPS) is 18.7. The average Bonchev–Trinajstić information content (AvgIpc) is 3.15. The Morgan fingerprint density at radius 1 is 1.31 bits per heavy atom. The zero-order chi connectivity index (χ0) is 17.1. The zero-order valence-electron chi connectivity index (χ0n) is 15.3. The van der Waals surface area contributed by atoms with Gasteiger partial charge in [-0.1, -0.05) is 12.5 Å². The molecular formula is C19H28Cl2N4O. The molecule has 2 heterocycles. The Morgan fingerprint density at radius 2 is 2.08 bits per heavy atom. The maximum absolute atomic E-state index is 12.7. The molecule has 1 saturated carbocycles. The molecule has 3 rings (SSSR count). The molecule has 1 fully saturated rings. The van der Waals surface area contributed by atoms with Crippen molar-refractivity contribution in [2.45, 2.75) is 45.7 Å². The number of aromatic nitrogens is 2. The Morgan fingerprint density at radius 3 is 2.73 bits per heavy atom. The maximum atomic E-state index is 12.7. The van der Waals surface area contributed by atoms with Gasteiger partial charge in [-0.2, -0.15) is 0 Å². The molecule has 7 heteroatoms. The van der Waals surface area contributed by atoms with E-state index in [-0.39, 0.29) is 36.8 Å². The Balaban J connectivity index is 0.00000169. The molecule has 0 spiro atoms. The third kappa shape index (κ3) is 4.78. The lowest BCUT2D eigenvalue weighted by Crippen LogP contribution is -2.40. The van der Waals surface area contributed by atoms with Crippen LogP contribution < -0.4 is 11.1 Å². The molecule has 0 bridgehead atoms. The second-order valence-electron chi connectivity index (χ2n) is 6.70. The van der Waals surface area contributed by atoms with E-state index in [1.807, 2.05) is 38.1 Å². The van der Waals surface area contributed by atoms with Gasteiger partial charge in [-0.05, 0) is 57.4 Å². The van der Waals surface area contributed by atoms with Crippen molar-refractivity contribution in [1.82, 2.24) is 14.9 Å². The van der Waals surface area contributed by atoms with Gasteiger partial charge in [0, 0.05) is 23.6 Å². The average molecular weight is 399 g/mol. The second-order valence-corrected chi connectivity index (χ2v) is 6.70. The van der Waals surface area contributed by atoms with E-state index in [0.29, 0.717) is 19.0 Å². The highest BCUT2D eigenvalue weighted by atomic mass is 35.5. The second kappa shape index (κ2) is 9.95. The fourth-order valence-electron chi connectivity index (χ4n) is 3.68. The van der Waals surface area contributed by atoms with Crippen molar-refractivity contribution in [2.24, 2.45) is 11.7 Å². The minimum absolute atomic E-state index is 0. The van der Waals surface area contributed by atoms with Crippen LogP contribution in [0.1, 0.15) is 46.7 Å². The zero-order valence-corrected chi connectivity index (χ0v) is 16.9. The number of halogens is 2. The molecule has 1 aliphatic rings. The van der Waals surface area contributed by atoms with Gasteiger partial charge < -0.3 is 15.6 Å². The van der Waals surface area contributed by atoms with E-state index in [1.54, 1.807) is 6.20 Å². The third-order valence-electron chi connectivity index (χ3n) is 5.14. The highest BCUT2D eigenvalue weighted by Gasteiger charge is 2.28. The van der Waals surface area contributed by atoms with E-state index in [4.69, 9.17) is 5.73 Å². The van der Waals surface area contributed by atoms with Crippen LogP contribution in [-0.4, -0.2) is 28.0 Å². The molecule has 0 saturated heterocycles. The number of hydrogen-bond acceptors (Lipinski definition) is 3. The summed E-state index contributed by atoms with van der Waals surface area (Å²) in [5, 5.41) is 3.19. The SMILES string of the molecule is Cc1cc(C(=O)NC2CCCC2CN)c(C)n1Cc1ccccn1.Cl.Cl. The van der Waals surface area contributed by atoms with Gasteiger partial charge in [0.25, 0.3) is 5.91 Å². The predicted molar refractivity (Wildman–Crippen MR) is 109 cm³/mol. The van der Waals surface area contributed by atoms with Crippen molar-refractivity contribution in [3.8, 4) is 0 Å². The first-order chi connectivity index (χ1) is 11.6. The van der Waals surface area contributed by atoms with Crippen molar-refractivity contribution in [3.05, 3.63) is 53.1 Å². The lowest BCUT2D eigenvalue weighted by molar-refractivity contribution is 0.0928. The quantitative estimate of drug-likeness (QED) is 0.811. The minimum Gasteiger partial charge on any atom is -0.349 e. The van der Waals surface area contributed by atoms with Crippen LogP contribution in [0.3, 0.4) is 0 Å². The Bertz CT molecular complexity index is 718. The lowest BCUT2D eigenvalue weighted by atomic mass is 10.0. The Hall–Kier alpha value is -1.56. The van der Waals surface area contributed by atoms with Crippen LogP contribution in [0.4, 0.5) is 0 Å². The molecule has 144 valence electrons. The van der Waals surface area contributed by atoms with Crippen LogP contribution in [0.2, 0.25) is 0 Å². The van der Waals surface area contributed by atoms with Crippen LogP contribution in [0.15, 0.2) is 30.5 Å². The summed E-state index contributed by atoms with van der Waals surface area (Å²) in [6, 6.07) is 8.08. The summed E-state index contributed by atoms with van der Waals surface area (Å²) in [6.45, 7) is 5.36. The Labute approximate surface area is 167 Å². The van der Waals surface area contributed by atoms with Crippen molar-refractivity contribution in [1.29, 1.82) is 0 Å². The van der Waals surface area contributed by atoms with E-state index in [9.17, 15) is 4.79 Å². The molecule has 0 aliphatic heterocycles. The topological polar surface area (TPSA) is 72.9 Å². The number of nitrogens with one attached hydrogen (secondary N) is 1. The van der Waals surface area contributed by atoms with Gasteiger partial charge in [0.15, 0.2) is 0 Å². The molecule has 2 atom stereocenters. The Kier molecular flexibility index (Phi) is 8.60. The largest absolute Gasteiger partial charge is 0.349 e. The molecule has 3 N–H and O–H groups in total. The predicted octanol–water partition coefficient (Wildman–Crippen LogP) is 3.25. The minimum atomic E-state index is 0. The third-order valence-corrected chi connectivity index (χ3v) is 5.14. The number of nitrogens with two attached hydrogens (primary N) is 1. The van der Waals surface area contributed by atoms with Crippen molar-refractivity contribution in [2.75, 3.05) is 6.54 Å². The van der Waals surface area contributed by atoms with Gasteiger partial charge >= 0.3 is 0 Å². The first kappa shape index (κ1) is 22.5. The number of carbonyl (C=O) groups is 1. The van der Waals surface area contributed by atoms with E-state index in [2.05, 4.69) is 14.9 Å². The van der Waals surface area contributed by atoms with Gasteiger partial charge in [0.2, 0.25) is 0 Å². The number of carbonyl (C=O) groups excluding carboxylic acids is 1. The van der Waals surface area contributed by atoms with Gasteiger partial charge in [0.05, 0.1) is 17.8 Å². The van der Waals surface area contributed by atoms with E-state index in [0.717, 1.165) is 41.9 Å². The fraction of sp³-hybridized carbons (Fsp3) is 0.474. The standard InChI is InChI=1S/C19H26N4O.2ClH/c1-13-10-17(19(24)22-18-8-5-6-15(18)11-20)14(2)23(13)12-16-7-3-4-9-21-16;;/h3-4,7,9-10,15,18H,5-6,8,11-12,20H2,1-2H3,(H,22,24);2*1H. The number of amides is 1.